The first-order valence-electron chi connectivity index (χ1n) is 11.3. The third-order valence-corrected chi connectivity index (χ3v) is 9.09. The number of ether oxygens (including phenoxy) is 2. The minimum absolute atomic E-state index is 0.00843. The highest BCUT2D eigenvalue weighted by Gasteiger charge is 2.77. The molecule has 0 bridgehead atoms. The highest BCUT2D eigenvalue weighted by atomic mass is 16.8. The van der Waals surface area contributed by atoms with Gasteiger partial charge in [-0.2, -0.15) is 0 Å². The number of hydrogen-bond acceptors (Lipinski definition) is 7. The van der Waals surface area contributed by atoms with Crippen LogP contribution in [0.1, 0.15) is 53.4 Å². The molecule has 0 amide bonds. The van der Waals surface area contributed by atoms with Crippen LogP contribution in [0, 0.1) is 28.6 Å². The van der Waals surface area contributed by atoms with Crippen LogP contribution in [0.5, 0.6) is 0 Å². The fourth-order valence-corrected chi connectivity index (χ4v) is 8.05. The Labute approximate surface area is 182 Å². The van der Waals surface area contributed by atoms with E-state index >= 15 is 0 Å². The second kappa shape index (κ2) is 6.35. The first-order chi connectivity index (χ1) is 14.4. The molecule has 3 N–H and O–H groups in total. The molecule has 8 atom stereocenters. The van der Waals surface area contributed by atoms with E-state index < -0.39 is 46.5 Å². The summed E-state index contributed by atoms with van der Waals surface area (Å²) in [6.45, 7) is 7.49. The van der Waals surface area contributed by atoms with Gasteiger partial charge in [-0.3, -0.25) is 9.59 Å². The summed E-state index contributed by atoms with van der Waals surface area (Å²) >= 11 is 0. The lowest BCUT2D eigenvalue weighted by Crippen LogP contribution is -2.65. The molecule has 4 aliphatic carbocycles. The molecule has 0 aromatic heterocycles. The maximum atomic E-state index is 13.2. The summed E-state index contributed by atoms with van der Waals surface area (Å²) in [6, 6.07) is 0. The number of fused-ring (bicyclic) bond motifs is 7. The number of hydrogen-bond donors (Lipinski definition) is 3. The molecule has 31 heavy (non-hydrogen) atoms. The van der Waals surface area contributed by atoms with Crippen molar-refractivity contribution in [1.29, 1.82) is 0 Å². The third-order valence-electron chi connectivity index (χ3n) is 9.09. The van der Waals surface area contributed by atoms with E-state index in [4.69, 9.17) is 9.47 Å². The number of carbonyl (C=O) groups excluding carboxylic acids is 2. The first-order valence-corrected chi connectivity index (χ1v) is 11.3. The van der Waals surface area contributed by atoms with Gasteiger partial charge in [0, 0.05) is 16.7 Å². The molecule has 0 spiro atoms. The summed E-state index contributed by atoms with van der Waals surface area (Å²) < 4.78 is 12.4. The van der Waals surface area contributed by atoms with E-state index in [2.05, 4.69) is 6.92 Å². The quantitative estimate of drug-likeness (QED) is 0.569. The molecule has 0 aromatic carbocycles. The first kappa shape index (κ1) is 21.5. The molecule has 4 fully saturated rings. The largest absolute Gasteiger partial charge is 0.393 e. The predicted molar refractivity (Wildman–Crippen MR) is 109 cm³/mol. The second-order valence-electron chi connectivity index (χ2n) is 11.0. The molecule has 0 aromatic rings. The van der Waals surface area contributed by atoms with Crippen LogP contribution in [0.2, 0.25) is 0 Å². The van der Waals surface area contributed by atoms with Crippen LogP contribution in [0.25, 0.3) is 0 Å². The van der Waals surface area contributed by atoms with Crippen LogP contribution in [0.4, 0.5) is 0 Å². The van der Waals surface area contributed by atoms with Crippen molar-refractivity contribution < 1.29 is 34.4 Å². The Bertz CT molecular complexity index is 904. The van der Waals surface area contributed by atoms with Crippen LogP contribution in [0.15, 0.2) is 23.8 Å². The van der Waals surface area contributed by atoms with Crippen molar-refractivity contribution in [2.24, 2.45) is 28.6 Å². The number of carbonyl (C=O) groups is 2. The molecule has 0 radical (unpaired) electrons. The number of allylic oxidation sites excluding steroid dienone is 4. The standard InChI is InChI=1S/C24H32O7/c1-21(2)30-17-10-15-14-6-5-12-9-13(25)7-8-22(12,3)18(14)16(26)11-23(15,4)24(17,31-21)19(27)20(28)29/h7-9,14-18,20,26,28-29H,5-6,10-11H2,1-4H3/t14?,15?,16-,17+,18?,22-,23-,24-/m0/s1. The molecule has 5 rings (SSSR count). The number of rotatable bonds is 2. The SMILES string of the molecule is CC1(C)O[C@@H]2CC3C4CCC5=CC(=O)C=C[C@]5(C)C4[C@@H](O)C[C@]3(C)[C@]2(C(=O)C(O)O)O1. The fourth-order valence-electron chi connectivity index (χ4n) is 8.05. The Morgan fingerprint density at radius 2 is 1.94 bits per heavy atom. The van der Waals surface area contributed by atoms with Gasteiger partial charge in [0.25, 0.3) is 0 Å². The van der Waals surface area contributed by atoms with E-state index in [0.717, 1.165) is 18.4 Å². The number of aliphatic hydroxyl groups is 3. The van der Waals surface area contributed by atoms with Crippen molar-refractivity contribution in [2.45, 2.75) is 83.3 Å². The molecular weight excluding hydrogens is 400 g/mol. The van der Waals surface area contributed by atoms with Gasteiger partial charge in [0.2, 0.25) is 12.1 Å². The summed E-state index contributed by atoms with van der Waals surface area (Å²) in [5.74, 6) is -1.82. The average Bonchev–Trinajstić information content (AvgIpc) is 3.07. The van der Waals surface area contributed by atoms with Crippen LogP contribution < -0.4 is 0 Å². The molecule has 1 heterocycles. The molecular formula is C24H32O7. The van der Waals surface area contributed by atoms with E-state index in [1.54, 1.807) is 26.0 Å². The van der Waals surface area contributed by atoms with Crippen molar-refractivity contribution in [1.82, 2.24) is 0 Å². The molecule has 7 nitrogen and oxygen atoms in total. The summed E-state index contributed by atoms with van der Waals surface area (Å²) in [5, 5.41) is 31.2. The van der Waals surface area contributed by atoms with Gasteiger partial charge in [-0.15, -0.1) is 0 Å². The Kier molecular flexibility index (Phi) is 4.40. The van der Waals surface area contributed by atoms with Crippen molar-refractivity contribution in [3.63, 3.8) is 0 Å². The highest BCUT2D eigenvalue weighted by molar-refractivity contribution is 6.01. The van der Waals surface area contributed by atoms with Gasteiger partial charge in [-0.25, -0.2) is 0 Å². The molecule has 3 saturated carbocycles. The van der Waals surface area contributed by atoms with E-state index in [0.29, 0.717) is 6.42 Å². The highest BCUT2D eigenvalue weighted by Crippen LogP contribution is 2.70. The van der Waals surface area contributed by atoms with E-state index in [1.165, 1.54) is 0 Å². The molecule has 1 aliphatic heterocycles. The van der Waals surface area contributed by atoms with E-state index in [9.17, 15) is 24.9 Å². The van der Waals surface area contributed by atoms with Gasteiger partial charge in [0.05, 0.1) is 12.2 Å². The summed E-state index contributed by atoms with van der Waals surface area (Å²) in [5.41, 5.74) is -1.67. The van der Waals surface area contributed by atoms with Crippen LogP contribution >= 0.6 is 0 Å². The number of Topliss-reactive ketones (excluding diaryl/α,β-unsaturated/α-hetero) is 1. The van der Waals surface area contributed by atoms with Crippen LogP contribution in [0.3, 0.4) is 0 Å². The van der Waals surface area contributed by atoms with Crippen LogP contribution in [-0.2, 0) is 19.1 Å². The Morgan fingerprint density at radius 1 is 1.23 bits per heavy atom. The van der Waals surface area contributed by atoms with Crippen molar-refractivity contribution >= 4 is 11.6 Å². The average molecular weight is 433 g/mol. The minimum atomic E-state index is -2.17. The Hall–Kier alpha value is -1.38. The second-order valence-corrected chi connectivity index (χ2v) is 11.0. The van der Waals surface area contributed by atoms with Gasteiger partial charge in [0.1, 0.15) is 0 Å². The summed E-state index contributed by atoms with van der Waals surface area (Å²) in [6.07, 6.45) is 4.15. The van der Waals surface area contributed by atoms with E-state index in [1.807, 2.05) is 13.0 Å². The summed E-state index contributed by atoms with van der Waals surface area (Å²) in [7, 11) is 0. The molecule has 1 saturated heterocycles. The van der Waals surface area contributed by atoms with Gasteiger partial charge in [0.15, 0.2) is 17.2 Å². The third kappa shape index (κ3) is 2.58. The zero-order valence-corrected chi connectivity index (χ0v) is 18.5. The smallest absolute Gasteiger partial charge is 0.223 e. The van der Waals surface area contributed by atoms with Crippen molar-refractivity contribution in [3.05, 3.63) is 23.8 Å². The molecule has 3 unspecified atom stereocenters. The van der Waals surface area contributed by atoms with Crippen molar-refractivity contribution in [3.8, 4) is 0 Å². The maximum absolute atomic E-state index is 13.2. The Balaban J connectivity index is 1.60. The lowest BCUT2D eigenvalue weighted by Gasteiger charge is -2.60. The number of aliphatic hydroxyl groups excluding tert-OH is 2. The maximum Gasteiger partial charge on any atom is 0.223 e. The fraction of sp³-hybridized carbons (Fsp3) is 0.750. The predicted octanol–water partition coefficient (Wildman–Crippen LogP) is 1.65. The van der Waals surface area contributed by atoms with Gasteiger partial charge >= 0.3 is 0 Å². The van der Waals surface area contributed by atoms with Crippen LogP contribution in [-0.4, -0.2) is 56.8 Å². The number of ketones is 2. The molecule has 170 valence electrons. The van der Waals surface area contributed by atoms with Gasteiger partial charge < -0.3 is 24.8 Å². The molecule has 7 heteroatoms. The monoisotopic (exact) mass is 432 g/mol. The minimum Gasteiger partial charge on any atom is -0.393 e. The van der Waals surface area contributed by atoms with Gasteiger partial charge in [-0.05, 0) is 63.5 Å². The van der Waals surface area contributed by atoms with Crippen molar-refractivity contribution in [2.75, 3.05) is 0 Å². The molecule has 5 aliphatic rings. The lowest BCUT2D eigenvalue weighted by atomic mass is 9.46. The van der Waals surface area contributed by atoms with Gasteiger partial charge in [-0.1, -0.05) is 25.5 Å². The lowest BCUT2D eigenvalue weighted by molar-refractivity contribution is -0.232. The topological polar surface area (TPSA) is 113 Å². The summed E-state index contributed by atoms with van der Waals surface area (Å²) in [4.78, 5) is 25.2. The van der Waals surface area contributed by atoms with E-state index in [-0.39, 0.29) is 30.0 Å². The zero-order chi connectivity index (χ0) is 22.6. The zero-order valence-electron chi connectivity index (χ0n) is 18.5. The Morgan fingerprint density at radius 3 is 2.61 bits per heavy atom. The normalized spacial score (nSPS) is 49.9.